The highest BCUT2D eigenvalue weighted by molar-refractivity contribution is 7.10. The van der Waals surface area contributed by atoms with E-state index in [4.69, 9.17) is 4.74 Å². The second-order valence-electron chi connectivity index (χ2n) is 4.99. The molecule has 6 heteroatoms. The molecule has 1 unspecified atom stereocenters. The van der Waals surface area contributed by atoms with E-state index in [1.54, 1.807) is 35.6 Å². The van der Waals surface area contributed by atoms with Crippen LogP contribution in [0.2, 0.25) is 0 Å². The maximum Gasteiger partial charge on any atom is 0.309 e. The van der Waals surface area contributed by atoms with Crippen LogP contribution < -0.4 is 10.1 Å². The van der Waals surface area contributed by atoms with Gasteiger partial charge in [0.05, 0.1) is 19.6 Å². The highest BCUT2D eigenvalue weighted by Gasteiger charge is 2.11. The maximum absolute atomic E-state index is 11.9. The summed E-state index contributed by atoms with van der Waals surface area (Å²) in [5.74, 6) is 0.114. The average Bonchev–Trinajstić information content (AvgIpc) is 3.08. The van der Waals surface area contributed by atoms with Crippen LogP contribution in [0.5, 0.6) is 5.75 Å². The molecule has 5 nitrogen and oxygen atoms in total. The lowest BCUT2D eigenvalue weighted by Gasteiger charge is -2.13. The van der Waals surface area contributed by atoms with Gasteiger partial charge in [-0.25, -0.2) is 0 Å². The number of ether oxygens (including phenoxy) is 2. The van der Waals surface area contributed by atoms with E-state index in [0.29, 0.717) is 5.75 Å². The number of esters is 1. The molecule has 0 saturated heterocycles. The standard InChI is InChI=1S/C17H19NO4S/c1-12(15-4-3-9-23-15)18-16(19)11-22-14-7-5-13(6-8-14)10-17(20)21-2/h3-9,12H,10-11H2,1-2H3,(H,18,19). The van der Waals surface area contributed by atoms with Crippen LogP contribution >= 0.6 is 11.3 Å². The molecular formula is C17H19NO4S. The van der Waals surface area contributed by atoms with Gasteiger partial charge >= 0.3 is 5.97 Å². The minimum atomic E-state index is -0.291. The highest BCUT2D eigenvalue weighted by atomic mass is 32.1. The molecule has 0 aliphatic carbocycles. The van der Waals surface area contributed by atoms with Gasteiger partial charge in [0, 0.05) is 4.88 Å². The van der Waals surface area contributed by atoms with Crippen molar-refractivity contribution in [2.24, 2.45) is 0 Å². The second-order valence-corrected chi connectivity index (χ2v) is 5.97. The molecule has 0 radical (unpaired) electrons. The minimum Gasteiger partial charge on any atom is -0.484 e. The molecular weight excluding hydrogens is 314 g/mol. The van der Waals surface area contributed by atoms with Crippen LogP contribution in [0, 0.1) is 0 Å². The van der Waals surface area contributed by atoms with Crippen molar-refractivity contribution in [3.05, 3.63) is 52.2 Å². The molecule has 122 valence electrons. The van der Waals surface area contributed by atoms with Crippen LogP contribution in [-0.2, 0) is 20.7 Å². The molecule has 0 saturated carbocycles. The number of rotatable bonds is 7. The first-order valence-electron chi connectivity index (χ1n) is 7.20. The van der Waals surface area contributed by atoms with Crippen molar-refractivity contribution in [3.63, 3.8) is 0 Å². The zero-order valence-corrected chi connectivity index (χ0v) is 13.9. The van der Waals surface area contributed by atoms with Crippen molar-refractivity contribution in [1.82, 2.24) is 5.32 Å². The Morgan fingerprint density at radius 2 is 1.96 bits per heavy atom. The number of nitrogens with one attached hydrogen (secondary N) is 1. The largest absolute Gasteiger partial charge is 0.484 e. The molecule has 1 amide bonds. The number of thiophene rings is 1. The first-order valence-corrected chi connectivity index (χ1v) is 8.07. The Hall–Kier alpha value is -2.34. The molecule has 0 aliphatic heterocycles. The van der Waals surface area contributed by atoms with E-state index in [0.717, 1.165) is 10.4 Å². The topological polar surface area (TPSA) is 64.6 Å². The lowest BCUT2D eigenvalue weighted by atomic mass is 10.1. The Bertz CT molecular complexity index is 637. The molecule has 1 N–H and O–H groups in total. The first-order chi connectivity index (χ1) is 11.1. The highest BCUT2D eigenvalue weighted by Crippen LogP contribution is 2.18. The van der Waals surface area contributed by atoms with E-state index in [9.17, 15) is 9.59 Å². The summed E-state index contributed by atoms with van der Waals surface area (Å²) >= 11 is 1.60. The zero-order valence-electron chi connectivity index (χ0n) is 13.1. The Morgan fingerprint density at radius 1 is 1.22 bits per heavy atom. The molecule has 2 aromatic rings. The molecule has 23 heavy (non-hydrogen) atoms. The fraction of sp³-hybridized carbons (Fsp3) is 0.294. The van der Waals surface area contributed by atoms with Crippen molar-refractivity contribution in [2.45, 2.75) is 19.4 Å². The van der Waals surface area contributed by atoms with Gasteiger partial charge in [-0.3, -0.25) is 9.59 Å². The number of carbonyl (C=O) groups is 2. The van der Waals surface area contributed by atoms with Gasteiger partial charge in [-0.15, -0.1) is 11.3 Å². The maximum atomic E-state index is 11.9. The van der Waals surface area contributed by atoms with Crippen LogP contribution in [-0.4, -0.2) is 25.6 Å². The lowest BCUT2D eigenvalue weighted by molar-refractivity contribution is -0.139. The SMILES string of the molecule is COC(=O)Cc1ccc(OCC(=O)NC(C)c2cccs2)cc1. The molecule has 0 bridgehead atoms. The van der Waals surface area contributed by atoms with Gasteiger partial charge in [0.1, 0.15) is 5.75 Å². The van der Waals surface area contributed by atoms with E-state index in [1.807, 2.05) is 24.4 Å². The molecule has 1 aromatic carbocycles. The smallest absolute Gasteiger partial charge is 0.309 e. The molecule has 1 heterocycles. The van der Waals surface area contributed by atoms with Gasteiger partial charge in [0.25, 0.3) is 5.91 Å². The monoisotopic (exact) mass is 333 g/mol. The predicted molar refractivity (Wildman–Crippen MR) is 88.5 cm³/mol. The van der Waals surface area contributed by atoms with Crippen LogP contribution in [0.25, 0.3) is 0 Å². The van der Waals surface area contributed by atoms with Crippen molar-refractivity contribution in [1.29, 1.82) is 0 Å². The van der Waals surface area contributed by atoms with Gasteiger partial charge in [-0.05, 0) is 36.1 Å². The average molecular weight is 333 g/mol. The Morgan fingerprint density at radius 3 is 2.57 bits per heavy atom. The third kappa shape index (κ3) is 5.41. The summed E-state index contributed by atoms with van der Waals surface area (Å²) in [4.78, 5) is 24.2. The van der Waals surface area contributed by atoms with E-state index in [1.165, 1.54) is 7.11 Å². The van der Waals surface area contributed by atoms with Crippen LogP contribution in [0.4, 0.5) is 0 Å². The molecule has 1 atom stereocenters. The van der Waals surface area contributed by atoms with Gasteiger partial charge < -0.3 is 14.8 Å². The quantitative estimate of drug-likeness (QED) is 0.791. The number of amides is 1. The van der Waals surface area contributed by atoms with Crippen molar-refractivity contribution < 1.29 is 19.1 Å². The molecule has 2 rings (SSSR count). The van der Waals surface area contributed by atoms with Gasteiger partial charge in [-0.1, -0.05) is 18.2 Å². The van der Waals surface area contributed by atoms with Crippen molar-refractivity contribution >= 4 is 23.2 Å². The fourth-order valence-electron chi connectivity index (χ4n) is 1.98. The summed E-state index contributed by atoms with van der Waals surface area (Å²) < 4.78 is 10.1. The van der Waals surface area contributed by atoms with Crippen LogP contribution in [0.1, 0.15) is 23.4 Å². The fourth-order valence-corrected chi connectivity index (χ4v) is 2.72. The molecule has 0 spiro atoms. The predicted octanol–water partition coefficient (Wildman–Crippen LogP) is 2.72. The third-order valence-electron chi connectivity index (χ3n) is 3.22. The Kier molecular flexibility index (Phi) is 6.17. The summed E-state index contributed by atoms with van der Waals surface area (Å²) in [5.41, 5.74) is 0.833. The Balaban J connectivity index is 1.79. The van der Waals surface area contributed by atoms with E-state index < -0.39 is 0 Å². The summed E-state index contributed by atoms with van der Waals surface area (Å²) in [7, 11) is 1.36. The van der Waals surface area contributed by atoms with Gasteiger partial charge in [0.15, 0.2) is 6.61 Å². The number of benzene rings is 1. The number of carbonyl (C=O) groups excluding carboxylic acids is 2. The van der Waals surface area contributed by atoms with Crippen LogP contribution in [0.3, 0.4) is 0 Å². The third-order valence-corrected chi connectivity index (χ3v) is 4.27. The minimum absolute atomic E-state index is 0.0338. The van der Waals surface area contributed by atoms with Crippen LogP contribution in [0.15, 0.2) is 41.8 Å². The Labute approximate surface area is 139 Å². The summed E-state index contributed by atoms with van der Waals surface area (Å²) in [6.07, 6.45) is 0.218. The lowest BCUT2D eigenvalue weighted by Crippen LogP contribution is -2.30. The summed E-state index contributed by atoms with van der Waals surface area (Å²) in [6.45, 7) is 1.89. The number of hydrogen-bond acceptors (Lipinski definition) is 5. The number of hydrogen-bond donors (Lipinski definition) is 1. The molecule has 1 aromatic heterocycles. The summed E-state index contributed by atoms with van der Waals surface area (Å²) in [5, 5.41) is 4.86. The van der Waals surface area contributed by atoms with E-state index in [-0.39, 0.29) is 30.9 Å². The first kappa shape index (κ1) is 17.0. The van der Waals surface area contributed by atoms with Crippen molar-refractivity contribution in [2.75, 3.05) is 13.7 Å². The normalized spacial score (nSPS) is 11.6. The van der Waals surface area contributed by atoms with E-state index >= 15 is 0 Å². The van der Waals surface area contributed by atoms with Gasteiger partial charge in [-0.2, -0.15) is 0 Å². The second kappa shape index (κ2) is 8.33. The van der Waals surface area contributed by atoms with Gasteiger partial charge in [0.2, 0.25) is 0 Å². The zero-order chi connectivity index (χ0) is 16.7. The molecule has 0 aliphatic rings. The number of methoxy groups -OCH3 is 1. The van der Waals surface area contributed by atoms with E-state index in [2.05, 4.69) is 10.1 Å². The van der Waals surface area contributed by atoms with Crippen molar-refractivity contribution in [3.8, 4) is 5.75 Å². The summed E-state index contributed by atoms with van der Waals surface area (Å²) in [6, 6.07) is 10.9. The molecule has 0 fully saturated rings.